The Labute approximate surface area is 123 Å². The summed E-state index contributed by atoms with van der Waals surface area (Å²) in [4.78, 5) is 0. The van der Waals surface area contributed by atoms with Gasteiger partial charge in [0.25, 0.3) is 0 Å². The van der Waals surface area contributed by atoms with E-state index in [-0.39, 0.29) is 0 Å². The van der Waals surface area contributed by atoms with Crippen LogP contribution in [0.1, 0.15) is 39.2 Å². The van der Waals surface area contributed by atoms with Crippen LogP contribution in [0.5, 0.6) is 0 Å². The Bertz CT molecular complexity index is 429. The van der Waals surface area contributed by atoms with Crippen molar-refractivity contribution in [1.29, 1.82) is 0 Å². The molecule has 0 heterocycles. The van der Waals surface area contributed by atoms with E-state index < -0.39 is 0 Å². The highest BCUT2D eigenvalue weighted by molar-refractivity contribution is 5.39. The average Bonchev–Trinajstić information content (AvgIpc) is 2.47. The molecule has 0 aromatic heterocycles. The first-order valence-electron chi connectivity index (χ1n) is 7.55. The highest BCUT2D eigenvalue weighted by Crippen LogP contribution is 2.10. The maximum Gasteiger partial charge on any atom is 0.0314 e. The van der Waals surface area contributed by atoms with E-state index in [0.29, 0.717) is 6.04 Å². The van der Waals surface area contributed by atoms with E-state index in [9.17, 15) is 0 Å². The zero-order valence-electron chi connectivity index (χ0n) is 13.0. The third kappa shape index (κ3) is 6.07. The van der Waals surface area contributed by atoms with E-state index in [2.05, 4.69) is 56.4 Å². The van der Waals surface area contributed by atoms with Crippen LogP contribution in [-0.4, -0.2) is 12.6 Å². The van der Waals surface area contributed by atoms with Crippen molar-refractivity contribution in [1.82, 2.24) is 5.32 Å². The van der Waals surface area contributed by atoms with Crippen molar-refractivity contribution in [3.8, 4) is 0 Å². The molecule has 2 nitrogen and oxygen atoms in total. The van der Waals surface area contributed by atoms with Crippen LogP contribution in [0.2, 0.25) is 0 Å². The second-order valence-corrected chi connectivity index (χ2v) is 5.12. The van der Waals surface area contributed by atoms with Crippen molar-refractivity contribution in [2.75, 3.05) is 12.3 Å². The van der Waals surface area contributed by atoms with Crippen LogP contribution in [0, 0.1) is 0 Å². The minimum absolute atomic E-state index is 0.530. The lowest BCUT2D eigenvalue weighted by Crippen LogP contribution is -2.31. The highest BCUT2D eigenvalue weighted by atomic mass is 14.9. The third-order valence-electron chi connectivity index (χ3n) is 3.55. The first-order chi connectivity index (χ1) is 9.69. The lowest BCUT2D eigenvalue weighted by Gasteiger charge is -2.17. The summed E-state index contributed by atoms with van der Waals surface area (Å²) < 4.78 is 0. The van der Waals surface area contributed by atoms with Crippen LogP contribution in [0.3, 0.4) is 0 Å². The fourth-order valence-electron chi connectivity index (χ4n) is 2.26. The zero-order chi connectivity index (χ0) is 14.8. The summed E-state index contributed by atoms with van der Waals surface area (Å²) in [5.41, 5.74) is 9.29. The van der Waals surface area contributed by atoms with Crippen molar-refractivity contribution in [2.24, 2.45) is 0 Å². The Morgan fingerprint density at radius 1 is 1.25 bits per heavy atom. The van der Waals surface area contributed by atoms with Crippen molar-refractivity contribution < 1.29 is 0 Å². The van der Waals surface area contributed by atoms with Crippen molar-refractivity contribution >= 4 is 5.69 Å². The van der Waals surface area contributed by atoms with Gasteiger partial charge in [0.2, 0.25) is 0 Å². The fourth-order valence-corrected chi connectivity index (χ4v) is 2.26. The normalized spacial score (nSPS) is 13.8. The van der Waals surface area contributed by atoms with Gasteiger partial charge in [0.05, 0.1) is 0 Å². The standard InChI is InChI=1S/C18H28N2/c1-4-7-15(5-2)12-13-20-18(6-3)14-16-8-10-17(19)11-9-16/h4-5,7-11,18,20H,6,12-14,19H2,1-3H3/b7-4-,15-5+. The van der Waals surface area contributed by atoms with Gasteiger partial charge in [-0.05, 0) is 57.4 Å². The molecule has 0 spiro atoms. The maximum atomic E-state index is 5.72. The second-order valence-electron chi connectivity index (χ2n) is 5.12. The Morgan fingerprint density at radius 2 is 1.95 bits per heavy atom. The average molecular weight is 272 g/mol. The van der Waals surface area contributed by atoms with Crippen LogP contribution >= 0.6 is 0 Å². The Balaban J connectivity index is 2.41. The predicted octanol–water partition coefficient (Wildman–Crippen LogP) is 4.09. The molecule has 1 atom stereocenters. The Kier molecular flexibility index (Phi) is 7.74. The van der Waals surface area contributed by atoms with Gasteiger partial charge in [-0.3, -0.25) is 0 Å². The molecule has 0 bridgehead atoms. The van der Waals surface area contributed by atoms with Crippen LogP contribution in [0.4, 0.5) is 5.69 Å². The van der Waals surface area contributed by atoms with Gasteiger partial charge < -0.3 is 11.1 Å². The largest absolute Gasteiger partial charge is 0.399 e. The second kappa shape index (κ2) is 9.38. The van der Waals surface area contributed by atoms with Crippen LogP contribution < -0.4 is 11.1 Å². The molecule has 0 saturated carbocycles. The number of anilines is 1. The molecule has 2 heteroatoms. The number of nitrogens with one attached hydrogen (secondary N) is 1. The number of nitrogens with two attached hydrogens (primary N) is 1. The van der Waals surface area contributed by atoms with Gasteiger partial charge in [0.15, 0.2) is 0 Å². The van der Waals surface area contributed by atoms with E-state index in [1.54, 1.807) is 0 Å². The summed E-state index contributed by atoms with van der Waals surface area (Å²) >= 11 is 0. The molecule has 110 valence electrons. The van der Waals surface area contributed by atoms with Gasteiger partial charge in [0, 0.05) is 11.7 Å². The van der Waals surface area contributed by atoms with Crippen LogP contribution in [0.15, 0.2) is 48.1 Å². The molecule has 1 aromatic rings. The van der Waals surface area contributed by atoms with Gasteiger partial charge in [-0.1, -0.05) is 42.9 Å². The molecule has 0 aliphatic rings. The molecule has 3 N–H and O–H groups in total. The molecular weight excluding hydrogens is 244 g/mol. The van der Waals surface area contributed by atoms with Crippen molar-refractivity contribution in [2.45, 2.75) is 46.1 Å². The Morgan fingerprint density at radius 3 is 2.50 bits per heavy atom. The van der Waals surface area contributed by atoms with Gasteiger partial charge in [0.1, 0.15) is 0 Å². The molecule has 1 unspecified atom stereocenters. The topological polar surface area (TPSA) is 38.0 Å². The van der Waals surface area contributed by atoms with E-state index in [1.165, 1.54) is 11.1 Å². The minimum atomic E-state index is 0.530. The zero-order valence-corrected chi connectivity index (χ0v) is 13.0. The number of nitrogen functional groups attached to an aromatic ring is 1. The summed E-state index contributed by atoms with van der Waals surface area (Å²) in [6.45, 7) is 7.42. The smallest absolute Gasteiger partial charge is 0.0314 e. The predicted molar refractivity (Wildman–Crippen MR) is 89.8 cm³/mol. The van der Waals surface area contributed by atoms with Crippen LogP contribution in [-0.2, 0) is 6.42 Å². The Hall–Kier alpha value is -1.54. The highest BCUT2D eigenvalue weighted by Gasteiger charge is 2.06. The molecule has 0 radical (unpaired) electrons. The third-order valence-corrected chi connectivity index (χ3v) is 3.55. The number of hydrogen-bond donors (Lipinski definition) is 2. The minimum Gasteiger partial charge on any atom is -0.399 e. The molecule has 20 heavy (non-hydrogen) atoms. The molecule has 0 aliphatic carbocycles. The number of rotatable bonds is 8. The first-order valence-corrected chi connectivity index (χ1v) is 7.55. The molecule has 0 aliphatic heterocycles. The molecule has 1 aromatic carbocycles. The van der Waals surface area contributed by atoms with E-state index in [1.807, 2.05) is 12.1 Å². The first kappa shape index (κ1) is 16.5. The van der Waals surface area contributed by atoms with E-state index in [0.717, 1.165) is 31.5 Å². The van der Waals surface area contributed by atoms with Gasteiger partial charge >= 0.3 is 0 Å². The van der Waals surface area contributed by atoms with Gasteiger partial charge in [-0.2, -0.15) is 0 Å². The quantitative estimate of drug-likeness (QED) is 0.552. The molecule has 1 rings (SSSR count). The number of hydrogen-bond acceptors (Lipinski definition) is 2. The number of benzene rings is 1. The van der Waals surface area contributed by atoms with E-state index in [4.69, 9.17) is 5.73 Å². The molecule has 0 amide bonds. The lowest BCUT2D eigenvalue weighted by atomic mass is 10.0. The summed E-state index contributed by atoms with van der Waals surface area (Å²) in [7, 11) is 0. The number of allylic oxidation sites excluding steroid dienone is 3. The molecular formula is C18H28N2. The maximum absolute atomic E-state index is 5.72. The fraction of sp³-hybridized carbons (Fsp3) is 0.444. The molecule has 0 fully saturated rings. The SMILES string of the molecule is C/C=C\C(=C/C)CCNC(CC)Cc1ccc(N)cc1. The summed E-state index contributed by atoms with van der Waals surface area (Å²) in [5.74, 6) is 0. The van der Waals surface area contributed by atoms with Crippen molar-refractivity contribution in [3.63, 3.8) is 0 Å². The van der Waals surface area contributed by atoms with Crippen LogP contribution in [0.25, 0.3) is 0 Å². The van der Waals surface area contributed by atoms with Crippen molar-refractivity contribution in [3.05, 3.63) is 53.6 Å². The summed E-state index contributed by atoms with van der Waals surface area (Å²) in [5, 5.41) is 3.65. The van der Waals surface area contributed by atoms with E-state index >= 15 is 0 Å². The molecule has 0 saturated heterocycles. The lowest BCUT2D eigenvalue weighted by molar-refractivity contribution is 0.498. The van der Waals surface area contributed by atoms with Gasteiger partial charge in [-0.25, -0.2) is 0 Å². The monoisotopic (exact) mass is 272 g/mol. The summed E-state index contributed by atoms with van der Waals surface area (Å²) in [6.07, 6.45) is 9.75. The summed E-state index contributed by atoms with van der Waals surface area (Å²) in [6, 6.07) is 8.73. The van der Waals surface area contributed by atoms with Gasteiger partial charge in [-0.15, -0.1) is 0 Å².